The van der Waals surface area contributed by atoms with Gasteiger partial charge in [-0.1, -0.05) is 23.7 Å². The van der Waals surface area contributed by atoms with Gasteiger partial charge in [0, 0.05) is 28.5 Å². The molecule has 1 aromatic heterocycles. The maximum atomic E-state index is 14.5. The molecule has 2 heterocycles. The third-order valence-corrected chi connectivity index (χ3v) is 8.54. The molecule has 2 aromatic carbocycles. The van der Waals surface area contributed by atoms with Gasteiger partial charge in [-0.3, -0.25) is 9.79 Å². The lowest BCUT2D eigenvalue weighted by Gasteiger charge is -2.30. The van der Waals surface area contributed by atoms with Crippen molar-refractivity contribution < 1.29 is 23.8 Å². The van der Waals surface area contributed by atoms with Crippen molar-refractivity contribution in [3.8, 4) is 22.8 Å². The molecule has 6 N–H and O–H groups in total. The fraction of sp³-hybridized carbons (Fsp3) is 0.387. The van der Waals surface area contributed by atoms with E-state index >= 15 is 0 Å². The topological polar surface area (TPSA) is 145 Å². The normalized spacial score (nSPS) is 21.1. The summed E-state index contributed by atoms with van der Waals surface area (Å²) in [7, 11) is 1.48. The highest BCUT2D eigenvalue weighted by atomic mass is 35.5. The molecule has 3 aromatic rings. The minimum Gasteiger partial charge on any atom is -0.495 e. The largest absolute Gasteiger partial charge is 0.495 e. The summed E-state index contributed by atoms with van der Waals surface area (Å²) in [5.74, 6) is -0.430. The predicted molar refractivity (Wildman–Crippen MR) is 159 cm³/mol. The van der Waals surface area contributed by atoms with Crippen LogP contribution in [0.5, 0.6) is 11.5 Å². The number of hydrogen-bond donors (Lipinski definition) is 4. The van der Waals surface area contributed by atoms with Gasteiger partial charge in [-0.05, 0) is 62.8 Å². The Morgan fingerprint density at radius 2 is 2.10 bits per heavy atom. The molecular formula is C31H33ClFN5O4. The lowest BCUT2D eigenvalue weighted by molar-refractivity contribution is 0.00947. The molecule has 0 saturated heterocycles. The van der Waals surface area contributed by atoms with Crippen LogP contribution in [0.25, 0.3) is 11.3 Å². The molecule has 0 unspecified atom stereocenters. The fourth-order valence-electron chi connectivity index (χ4n) is 5.28. The van der Waals surface area contributed by atoms with E-state index in [9.17, 15) is 14.3 Å². The number of anilines is 1. The van der Waals surface area contributed by atoms with Gasteiger partial charge in [-0.2, -0.15) is 0 Å². The SMILES string of the molecule is COc1cc(C(=O)NC[C@](O)(c2cc3c(c(-c4cccc(F)c4Cl)n2)OC[C@]3(C)N)C2CC2)cc(C=NC2CC2)c1N. The maximum Gasteiger partial charge on any atom is 0.251 e. The number of nitrogens with one attached hydrogen (secondary N) is 1. The Kier molecular flexibility index (Phi) is 7.11. The maximum absolute atomic E-state index is 14.5. The molecule has 2 aliphatic carbocycles. The van der Waals surface area contributed by atoms with Crippen LogP contribution in [0.15, 0.2) is 41.4 Å². The second-order valence-electron chi connectivity index (χ2n) is 11.6. The summed E-state index contributed by atoms with van der Waals surface area (Å²) in [6, 6.07) is 9.66. The van der Waals surface area contributed by atoms with Gasteiger partial charge in [0.1, 0.15) is 29.5 Å². The van der Waals surface area contributed by atoms with E-state index in [0.717, 1.165) is 25.7 Å². The number of fused-ring (bicyclic) bond motifs is 1. The molecule has 220 valence electrons. The fourth-order valence-corrected chi connectivity index (χ4v) is 5.50. The van der Waals surface area contributed by atoms with Crippen LogP contribution in [0.1, 0.15) is 59.8 Å². The van der Waals surface area contributed by atoms with Crippen molar-refractivity contribution >= 4 is 29.4 Å². The molecule has 1 aliphatic heterocycles. The quantitative estimate of drug-likeness (QED) is 0.214. The highest BCUT2D eigenvalue weighted by Gasteiger charge is 2.48. The zero-order chi connectivity index (χ0) is 29.8. The summed E-state index contributed by atoms with van der Waals surface area (Å²) < 4.78 is 25.8. The van der Waals surface area contributed by atoms with Gasteiger partial charge < -0.3 is 31.4 Å². The number of aromatic nitrogens is 1. The molecule has 0 bridgehead atoms. The number of carbonyl (C=O) groups is 1. The van der Waals surface area contributed by atoms with E-state index in [1.165, 1.54) is 19.2 Å². The molecule has 6 rings (SSSR count). The summed E-state index contributed by atoms with van der Waals surface area (Å²) in [4.78, 5) is 22.7. The first-order valence-electron chi connectivity index (χ1n) is 13.9. The molecule has 9 nitrogen and oxygen atoms in total. The number of ether oxygens (including phenoxy) is 2. The minimum absolute atomic E-state index is 0.111. The highest BCUT2D eigenvalue weighted by Crippen LogP contribution is 2.49. The second kappa shape index (κ2) is 10.5. The number of hydrogen-bond acceptors (Lipinski definition) is 8. The molecule has 1 amide bonds. The molecule has 2 fully saturated rings. The number of amides is 1. The number of halogens is 2. The van der Waals surface area contributed by atoms with Crippen molar-refractivity contribution in [3.05, 3.63) is 69.6 Å². The molecule has 42 heavy (non-hydrogen) atoms. The molecule has 0 radical (unpaired) electrons. The van der Waals surface area contributed by atoms with Gasteiger partial charge in [-0.15, -0.1) is 0 Å². The van der Waals surface area contributed by atoms with Gasteiger partial charge in [0.05, 0.1) is 41.6 Å². The van der Waals surface area contributed by atoms with E-state index in [2.05, 4.69) is 10.3 Å². The van der Waals surface area contributed by atoms with Crippen LogP contribution < -0.4 is 26.3 Å². The Bertz CT molecular complexity index is 1600. The van der Waals surface area contributed by atoms with E-state index < -0.39 is 22.9 Å². The average Bonchev–Trinajstić information content (AvgIpc) is 3.90. The Morgan fingerprint density at radius 3 is 2.79 bits per heavy atom. The third kappa shape index (κ3) is 5.19. The van der Waals surface area contributed by atoms with E-state index in [0.29, 0.717) is 45.1 Å². The molecule has 0 spiro atoms. The van der Waals surface area contributed by atoms with Crippen LogP contribution in [0.4, 0.5) is 10.1 Å². The zero-order valence-corrected chi connectivity index (χ0v) is 24.2. The molecule has 2 saturated carbocycles. The summed E-state index contributed by atoms with van der Waals surface area (Å²) in [5, 5.41) is 14.9. The first kappa shape index (κ1) is 28.4. The minimum atomic E-state index is -1.54. The van der Waals surface area contributed by atoms with Gasteiger partial charge >= 0.3 is 0 Å². The highest BCUT2D eigenvalue weighted by molar-refractivity contribution is 6.33. The van der Waals surface area contributed by atoms with Gasteiger partial charge in [0.25, 0.3) is 5.91 Å². The van der Waals surface area contributed by atoms with E-state index in [-0.39, 0.29) is 35.8 Å². The average molecular weight is 594 g/mol. The van der Waals surface area contributed by atoms with Crippen LogP contribution in [0.2, 0.25) is 5.02 Å². The van der Waals surface area contributed by atoms with Crippen molar-refractivity contribution in [3.63, 3.8) is 0 Å². The Hall–Kier alpha value is -3.73. The van der Waals surface area contributed by atoms with Gasteiger partial charge in [0.15, 0.2) is 5.75 Å². The summed E-state index contributed by atoms with van der Waals surface area (Å²) in [5.41, 5.74) is 13.2. The van der Waals surface area contributed by atoms with Crippen molar-refractivity contribution in [2.24, 2.45) is 16.6 Å². The van der Waals surface area contributed by atoms with Crippen LogP contribution >= 0.6 is 11.6 Å². The number of aliphatic imine (C=N–C) groups is 1. The standard InChI is InChI=1S/C31H33ClFN5O4/c1-30(35)15-42-28-21(30)12-24(38-27(28)20-4-3-5-22(33)25(20)32)31(40,18-6-7-18)14-37-29(39)16-10-17(13-36-19-8-9-19)26(34)23(11-16)41-2/h3-5,10-13,18-19,40H,6-9,14-15,34-35H2,1-2H3,(H,37,39)/t30-,31+/m0/s1. The number of methoxy groups -OCH3 is 1. The number of pyridine rings is 1. The summed E-state index contributed by atoms with van der Waals surface area (Å²) >= 11 is 6.35. The number of carbonyl (C=O) groups excluding carboxylic acids is 1. The van der Waals surface area contributed by atoms with Crippen LogP contribution in [-0.4, -0.2) is 48.5 Å². The first-order chi connectivity index (χ1) is 20.0. The molecule has 2 atom stereocenters. The predicted octanol–water partition coefficient (Wildman–Crippen LogP) is 4.31. The number of aliphatic hydroxyl groups is 1. The Labute approximate surface area is 248 Å². The lowest BCUT2D eigenvalue weighted by Crippen LogP contribution is -2.43. The van der Waals surface area contributed by atoms with Crippen molar-refractivity contribution in [2.45, 2.75) is 49.8 Å². The molecule has 3 aliphatic rings. The van der Waals surface area contributed by atoms with Gasteiger partial charge in [-0.25, -0.2) is 9.37 Å². The van der Waals surface area contributed by atoms with E-state index in [1.807, 2.05) is 6.92 Å². The van der Waals surface area contributed by atoms with E-state index in [1.54, 1.807) is 30.5 Å². The number of nitrogen functional groups attached to an aromatic ring is 1. The molecule has 11 heteroatoms. The Morgan fingerprint density at radius 1 is 1.33 bits per heavy atom. The van der Waals surface area contributed by atoms with Crippen LogP contribution in [-0.2, 0) is 11.1 Å². The number of nitrogens with zero attached hydrogens (tertiary/aromatic N) is 2. The van der Waals surface area contributed by atoms with Crippen LogP contribution in [0.3, 0.4) is 0 Å². The molecular weight excluding hydrogens is 561 g/mol. The number of rotatable bonds is 9. The number of benzene rings is 2. The smallest absolute Gasteiger partial charge is 0.251 e. The monoisotopic (exact) mass is 593 g/mol. The first-order valence-corrected chi connectivity index (χ1v) is 14.3. The van der Waals surface area contributed by atoms with E-state index in [4.69, 9.17) is 37.5 Å². The Balaban J connectivity index is 1.35. The third-order valence-electron chi connectivity index (χ3n) is 8.15. The van der Waals surface area contributed by atoms with Crippen molar-refractivity contribution in [1.82, 2.24) is 10.3 Å². The lowest BCUT2D eigenvalue weighted by atomic mass is 9.87. The van der Waals surface area contributed by atoms with Crippen LogP contribution in [0, 0.1) is 11.7 Å². The summed E-state index contributed by atoms with van der Waals surface area (Å²) in [6.45, 7) is 1.87. The number of nitrogens with two attached hydrogens (primary N) is 2. The van der Waals surface area contributed by atoms with Crippen molar-refractivity contribution in [2.75, 3.05) is 26.0 Å². The zero-order valence-electron chi connectivity index (χ0n) is 23.4. The van der Waals surface area contributed by atoms with Gasteiger partial charge in [0.2, 0.25) is 0 Å². The summed E-state index contributed by atoms with van der Waals surface area (Å²) in [6.07, 6.45) is 5.23. The van der Waals surface area contributed by atoms with Crippen molar-refractivity contribution in [1.29, 1.82) is 0 Å². The second-order valence-corrected chi connectivity index (χ2v) is 12.0.